The summed E-state index contributed by atoms with van der Waals surface area (Å²) in [5, 5.41) is 0. The average Bonchev–Trinajstić information content (AvgIpc) is 2.30. The molecule has 0 bridgehead atoms. The highest BCUT2D eigenvalue weighted by molar-refractivity contribution is 5.22. The molecule has 0 aliphatic carbocycles. The molecule has 2 N–H and O–H groups in total. The van der Waals surface area contributed by atoms with Gasteiger partial charge in [-0.25, -0.2) is 0 Å². The van der Waals surface area contributed by atoms with E-state index >= 15 is 0 Å². The van der Waals surface area contributed by atoms with E-state index in [-0.39, 0.29) is 0 Å². The van der Waals surface area contributed by atoms with E-state index in [9.17, 15) is 0 Å². The van der Waals surface area contributed by atoms with Crippen LogP contribution in [0.1, 0.15) is 50.7 Å². The van der Waals surface area contributed by atoms with E-state index in [4.69, 9.17) is 5.73 Å². The molecular formula is C16H27N. The summed E-state index contributed by atoms with van der Waals surface area (Å²) in [5.41, 5.74) is 8.42. The van der Waals surface area contributed by atoms with Crippen LogP contribution in [0.2, 0.25) is 0 Å². The van der Waals surface area contributed by atoms with Crippen molar-refractivity contribution >= 4 is 0 Å². The Morgan fingerprint density at radius 3 is 2.06 bits per heavy atom. The van der Waals surface area contributed by atoms with Gasteiger partial charge in [-0.15, -0.1) is 0 Å². The van der Waals surface area contributed by atoms with E-state index in [0.717, 1.165) is 12.5 Å². The van der Waals surface area contributed by atoms with Crippen LogP contribution in [0, 0.1) is 5.92 Å². The first-order chi connectivity index (χ1) is 8.22. The van der Waals surface area contributed by atoms with Crippen molar-refractivity contribution in [1.29, 1.82) is 0 Å². The van der Waals surface area contributed by atoms with Gasteiger partial charge in [0.1, 0.15) is 0 Å². The van der Waals surface area contributed by atoms with Gasteiger partial charge in [0.2, 0.25) is 0 Å². The lowest BCUT2D eigenvalue weighted by Crippen LogP contribution is -1.98. The standard InChI is InChI=1S/C16H27N/c1-14(2)13-16-10-8-15(9-11-16)7-5-3-4-6-12-17/h8-11,14H,3-7,12-13,17H2,1-2H3. The molecule has 0 aliphatic rings. The molecule has 0 atom stereocenters. The smallest absolute Gasteiger partial charge is 0.00773 e. The van der Waals surface area contributed by atoms with Crippen LogP contribution >= 0.6 is 0 Å². The van der Waals surface area contributed by atoms with Gasteiger partial charge in [-0.05, 0) is 49.3 Å². The molecule has 0 spiro atoms. The largest absolute Gasteiger partial charge is 0.330 e. The Labute approximate surface area is 106 Å². The van der Waals surface area contributed by atoms with Crippen molar-refractivity contribution in [3.63, 3.8) is 0 Å². The third-order valence-electron chi connectivity index (χ3n) is 3.09. The molecule has 0 fully saturated rings. The highest BCUT2D eigenvalue weighted by Gasteiger charge is 1.98. The summed E-state index contributed by atoms with van der Waals surface area (Å²) in [5.74, 6) is 0.747. The quantitative estimate of drug-likeness (QED) is 0.676. The lowest BCUT2D eigenvalue weighted by molar-refractivity contribution is 0.642. The fraction of sp³-hybridized carbons (Fsp3) is 0.625. The topological polar surface area (TPSA) is 26.0 Å². The molecule has 0 heterocycles. The fourth-order valence-electron chi connectivity index (χ4n) is 2.14. The normalized spacial score (nSPS) is 11.1. The summed E-state index contributed by atoms with van der Waals surface area (Å²) < 4.78 is 0. The highest BCUT2D eigenvalue weighted by Crippen LogP contribution is 2.12. The average molecular weight is 233 g/mol. The van der Waals surface area contributed by atoms with Gasteiger partial charge in [0.25, 0.3) is 0 Å². The molecule has 0 saturated carbocycles. The Morgan fingerprint density at radius 2 is 1.47 bits per heavy atom. The molecule has 1 nitrogen and oxygen atoms in total. The molecule has 0 amide bonds. The maximum Gasteiger partial charge on any atom is -0.00773 e. The van der Waals surface area contributed by atoms with Crippen molar-refractivity contribution in [2.75, 3.05) is 6.54 Å². The Hall–Kier alpha value is -0.820. The van der Waals surface area contributed by atoms with Gasteiger partial charge >= 0.3 is 0 Å². The lowest BCUT2D eigenvalue weighted by atomic mass is 10.00. The van der Waals surface area contributed by atoms with Gasteiger partial charge in [0.15, 0.2) is 0 Å². The molecule has 0 unspecified atom stereocenters. The van der Waals surface area contributed by atoms with Crippen molar-refractivity contribution in [3.8, 4) is 0 Å². The van der Waals surface area contributed by atoms with E-state index < -0.39 is 0 Å². The SMILES string of the molecule is CC(C)Cc1ccc(CCCCCCN)cc1. The molecule has 1 aromatic rings. The number of hydrogen-bond donors (Lipinski definition) is 1. The first-order valence-corrected chi connectivity index (χ1v) is 7.00. The van der Waals surface area contributed by atoms with E-state index in [1.165, 1.54) is 49.7 Å². The van der Waals surface area contributed by atoms with Gasteiger partial charge in [-0.3, -0.25) is 0 Å². The third kappa shape index (κ3) is 6.48. The van der Waals surface area contributed by atoms with Crippen molar-refractivity contribution in [2.45, 2.75) is 52.4 Å². The summed E-state index contributed by atoms with van der Waals surface area (Å²) in [6.45, 7) is 5.38. The Balaban J connectivity index is 2.25. The van der Waals surface area contributed by atoms with Crippen LogP contribution in [0.5, 0.6) is 0 Å². The summed E-state index contributed by atoms with van der Waals surface area (Å²) in [6.07, 6.45) is 7.47. The maximum absolute atomic E-state index is 5.48. The summed E-state index contributed by atoms with van der Waals surface area (Å²) in [6, 6.07) is 9.16. The Bertz CT molecular complexity index is 287. The number of rotatable bonds is 8. The number of benzene rings is 1. The predicted molar refractivity (Wildman–Crippen MR) is 76.2 cm³/mol. The minimum atomic E-state index is 0.747. The molecule has 0 aliphatic heterocycles. The van der Waals surface area contributed by atoms with Crippen LogP contribution in [-0.4, -0.2) is 6.54 Å². The zero-order chi connectivity index (χ0) is 12.5. The van der Waals surface area contributed by atoms with Crippen molar-refractivity contribution in [3.05, 3.63) is 35.4 Å². The summed E-state index contributed by atoms with van der Waals surface area (Å²) in [4.78, 5) is 0. The summed E-state index contributed by atoms with van der Waals surface area (Å²) in [7, 11) is 0. The lowest BCUT2D eigenvalue weighted by Gasteiger charge is -2.06. The predicted octanol–water partition coefficient (Wildman–Crippen LogP) is 3.95. The van der Waals surface area contributed by atoms with E-state index in [1.807, 2.05) is 0 Å². The third-order valence-corrected chi connectivity index (χ3v) is 3.09. The van der Waals surface area contributed by atoms with Crippen LogP contribution in [0.15, 0.2) is 24.3 Å². The monoisotopic (exact) mass is 233 g/mol. The van der Waals surface area contributed by atoms with Crippen LogP contribution in [0.4, 0.5) is 0 Å². The van der Waals surface area contributed by atoms with Crippen molar-refractivity contribution in [2.24, 2.45) is 11.7 Å². The van der Waals surface area contributed by atoms with Crippen molar-refractivity contribution in [1.82, 2.24) is 0 Å². The number of aryl methyl sites for hydroxylation is 1. The first-order valence-electron chi connectivity index (χ1n) is 7.00. The molecule has 1 aromatic carbocycles. The molecule has 1 rings (SSSR count). The zero-order valence-corrected chi connectivity index (χ0v) is 11.4. The molecule has 0 saturated heterocycles. The van der Waals surface area contributed by atoms with Gasteiger partial charge in [-0.1, -0.05) is 51.0 Å². The van der Waals surface area contributed by atoms with E-state index in [0.29, 0.717) is 0 Å². The molecular weight excluding hydrogens is 206 g/mol. The number of nitrogens with two attached hydrogens (primary N) is 1. The second-order valence-corrected chi connectivity index (χ2v) is 5.37. The minimum absolute atomic E-state index is 0.747. The molecule has 96 valence electrons. The van der Waals surface area contributed by atoms with Crippen molar-refractivity contribution < 1.29 is 0 Å². The number of unbranched alkanes of at least 4 members (excludes halogenated alkanes) is 3. The van der Waals surface area contributed by atoms with Crippen LogP contribution < -0.4 is 5.73 Å². The Kier molecular flexibility index (Phi) is 6.95. The zero-order valence-electron chi connectivity index (χ0n) is 11.4. The Morgan fingerprint density at radius 1 is 0.882 bits per heavy atom. The van der Waals surface area contributed by atoms with Gasteiger partial charge in [0, 0.05) is 0 Å². The fourth-order valence-corrected chi connectivity index (χ4v) is 2.14. The maximum atomic E-state index is 5.48. The molecule has 17 heavy (non-hydrogen) atoms. The second kappa shape index (κ2) is 8.30. The van der Waals surface area contributed by atoms with E-state index in [1.54, 1.807) is 0 Å². The summed E-state index contributed by atoms with van der Waals surface area (Å²) >= 11 is 0. The molecule has 0 aromatic heterocycles. The highest BCUT2D eigenvalue weighted by atomic mass is 14.5. The van der Waals surface area contributed by atoms with Gasteiger partial charge < -0.3 is 5.73 Å². The van der Waals surface area contributed by atoms with Crippen LogP contribution in [-0.2, 0) is 12.8 Å². The van der Waals surface area contributed by atoms with Gasteiger partial charge in [-0.2, -0.15) is 0 Å². The van der Waals surface area contributed by atoms with Gasteiger partial charge in [0.05, 0.1) is 0 Å². The second-order valence-electron chi connectivity index (χ2n) is 5.37. The minimum Gasteiger partial charge on any atom is -0.330 e. The molecule has 0 radical (unpaired) electrons. The van der Waals surface area contributed by atoms with Crippen LogP contribution in [0.3, 0.4) is 0 Å². The van der Waals surface area contributed by atoms with E-state index in [2.05, 4.69) is 38.1 Å². The van der Waals surface area contributed by atoms with Crippen LogP contribution in [0.25, 0.3) is 0 Å². The number of hydrogen-bond acceptors (Lipinski definition) is 1. The molecule has 1 heteroatoms. The first kappa shape index (κ1) is 14.2.